The number of benzene rings is 1. The van der Waals surface area contributed by atoms with E-state index in [4.69, 9.17) is 4.99 Å². The van der Waals surface area contributed by atoms with Gasteiger partial charge >= 0.3 is 0 Å². The van der Waals surface area contributed by atoms with Gasteiger partial charge in [0.25, 0.3) is 0 Å². The number of hydrogen-bond donors (Lipinski definition) is 2. The second-order valence-corrected chi connectivity index (χ2v) is 7.45. The van der Waals surface area contributed by atoms with E-state index < -0.39 is 0 Å². The highest BCUT2D eigenvalue weighted by atomic mass is 127. The zero-order valence-corrected chi connectivity index (χ0v) is 20.5. The molecule has 1 aliphatic heterocycles. The molecule has 1 heterocycles. The van der Waals surface area contributed by atoms with E-state index >= 15 is 0 Å². The highest BCUT2D eigenvalue weighted by Crippen LogP contribution is 2.13. The number of likely N-dealkylation sites (tertiary alicyclic amines) is 1. The summed E-state index contributed by atoms with van der Waals surface area (Å²) in [6, 6.07) is 9.44. The molecule has 0 aliphatic carbocycles. The van der Waals surface area contributed by atoms with E-state index in [1.807, 2.05) is 0 Å². The van der Waals surface area contributed by atoms with Crippen LogP contribution in [0.1, 0.15) is 51.7 Å². The Labute approximate surface area is 189 Å². The van der Waals surface area contributed by atoms with Gasteiger partial charge in [0.05, 0.1) is 6.54 Å². The maximum absolute atomic E-state index is 4.77. The van der Waals surface area contributed by atoms with Gasteiger partial charge in [-0.25, -0.2) is 4.99 Å². The lowest BCUT2D eigenvalue weighted by atomic mass is 10.1. The van der Waals surface area contributed by atoms with Crippen molar-refractivity contribution in [3.63, 3.8) is 0 Å². The smallest absolute Gasteiger partial charge is 0.191 e. The van der Waals surface area contributed by atoms with Crippen molar-refractivity contribution in [1.82, 2.24) is 20.4 Å². The van der Waals surface area contributed by atoms with Gasteiger partial charge < -0.3 is 10.6 Å². The lowest BCUT2D eigenvalue weighted by Gasteiger charge is -2.27. The summed E-state index contributed by atoms with van der Waals surface area (Å²) >= 11 is 0. The number of halogens is 1. The molecule has 6 heteroatoms. The third-order valence-electron chi connectivity index (χ3n) is 5.39. The highest BCUT2D eigenvalue weighted by Gasteiger charge is 2.12. The minimum absolute atomic E-state index is 0. The van der Waals surface area contributed by atoms with Crippen LogP contribution in [0.3, 0.4) is 0 Å². The number of nitrogens with one attached hydrogen (secondary N) is 2. The van der Waals surface area contributed by atoms with E-state index in [0.29, 0.717) is 12.6 Å². The molecule has 1 aromatic carbocycles. The molecule has 0 amide bonds. The van der Waals surface area contributed by atoms with Crippen LogP contribution >= 0.6 is 24.0 Å². The number of hydrogen-bond acceptors (Lipinski definition) is 3. The number of nitrogens with zero attached hydrogens (tertiary/aromatic N) is 3. The predicted molar refractivity (Wildman–Crippen MR) is 132 cm³/mol. The summed E-state index contributed by atoms with van der Waals surface area (Å²) in [7, 11) is 0. The fourth-order valence-corrected chi connectivity index (χ4v) is 3.68. The van der Waals surface area contributed by atoms with Gasteiger partial charge in [0.15, 0.2) is 5.96 Å². The second kappa shape index (κ2) is 14.2. The van der Waals surface area contributed by atoms with Gasteiger partial charge in [-0.2, -0.15) is 0 Å². The first-order valence-electron chi connectivity index (χ1n) is 10.7. The zero-order chi connectivity index (χ0) is 19.5. The summed E-state index contributed by atoms with van der Waals surface area (Å²) in [5, 5.41) is 6.85. The van der Waals surface area contributed by atoms with Gasteiger partial charge in [-0.15, -0.1) is 24.0 Å². The van der Waals surface area contributed by atoms with Crippen molar-refractivity contribution in [3.05, 3.63) is 35.4 Å². The summed E-state index contributed by atoms with van der Waals surface area (Å²) < 4.78 is 0. The molecular weight excluding hydrogens is 461 g/mol. The second-order valence-electron chi connectivity index (χ2n) is 7.45. The molecule has 1 aliphatic rings. The number of likely N-dealkylation sites (N-methyl/N-ethyl adjacent to an activating group) is 1. The Hall–Kier alpha value is -0.860. The Kier molecular flexibility index (Phi) is 12.7. The van der Waals surface area contributed by atoms with E-state index in [1.165, 1.54) is 37.1 Å². The zero-order valence-electron chi connectivity index (χ0n) is 18.2. The van der Waals surface area contributed by atoms with Crippen LogP contribution in [0.25, 0.3) is 0 Å². The largest absolute Gasteiger partial charge is 0.357 e. The SMILES string of the molecule is CCNC(=NCc1ccc(CN2CCCC2)cc1)NCC(C)N(CC)CC.I. The molecule has 0 saturated carbocycles. The molecule has 2 rings (SSSR count). The predicted octanol–water partition coefficient (Wildman–Crippen LogP) is 3.69. The quantitative estimate of drug-likeness (QED) is 0.292. The summed E-state index contributed by atoms with van der Waals surface area (Å²) in [6.07, 6.45) is 2.69. The van der Waals surface area contributed by atoms with Crippen molar-refractivity contribution in [3.8, 4) is 0 Å². The summed E-state index contributed by atoms with van der Waals surface area (Å²) in [4.78, 5) is 9.76. The van der Waals surface area contributed by atoms with E-state index in [-0.39, 0.29) is 24.0 Å². The topological polar surface area (TPSA) is 42.9 Å². The Morgan fingerprint density at radius 2 is 1.64 bits per heavy atom. The van der Waals surface area contributed by atoms with Crippen LogP contribution in [0.2, 0.25) is 0 Å². The van der Waals surface area contributed by atoms with Gasteiger partial charge in [-0.1, -0.05) is 38.1 Å². The standard InChI is InChI=1S/C22H39N5.HI/c1-5-23-22(24-16-19(4)27(6-2)7-3)25-17-20-10-12-21(13-11-20)18-26-14-8-9-15-26;/h10-13,19H,5-9,14-18H2,1-4H3,(H2,23,24,25);1H. The van der Waals surface area contributed by atoms with E-state index in [1.54, 1.807) is 0 Å². The van der Waals surface area contributed by atoms with Crippen molar-refractivity contribution >= 4 is 29.9 Å². The van der Waals surface area contributed by atoms with E-state index in [9.17, 15) is 0 Å². The first-order valence-corrected chi connectivity index (χ1v) is 10.7. The highest BCUT2D eigenvalue weighted by molar-refractivity contribution is 14.0. The number of aliphatic imine (C=N–C) groups is 1. The third-order valence-corrected chi connectivity index (χ3v) is 5.39. The van der Waals surface area contributed by atoms with Gasteiger partial charge in [0, 0.05) is 25.7 Å². The first kappa shape index (κ1) is 25.2. The first-order chi connectivity index (χ1) is 13.2. The van der Waals surface area contributed by atoms with Crippen LogP contribution in [-0.4, -0.2) is 61.1 Å². The van der Waals surface area contributed by atoms with Crippen LogP contribution in [0.15, 0.2) is 29.3 Å². The maximum Gasteiger partial charge on any atom is 0.191 e. The minimum Gasteiger partial charge on any atom is -0.357 e. The fraction of sp³-hybridized carbons (Fsp3) is 0.682. The van der Waals surface area contributed by atoms with Crippen LogP contribution in [0.5, 0.6) is 0 Å². The van der Waals surface area contributed by atoms with Crippen LogP contribution < -0.4 is 10.6 Å². The lowest BCUT2D eigenvalue weighted by Crippen LogP contribution is -2.45. The normalized spacial score (nSPS) is 16.1. The molecule has 0 bridgehead atoms. The van der Waals surface area contributed by atoms with Gasteiger partial charge in [0.2, 0.25) is 0 Å². The summed E-state index contributed by atoms with van der Waals surface area (Å²) in [5.74, 6) is 0.901. The lowest BCUT2D eigenvalue weighted by molar-refractivity contribution is 0.231. The van der Waals surface area contributed by atoms with E-state index in [0.717, 1.165) is 38.7 Å². The van der Waals surface area contributed by atoms with Crippen molar-refractivity contribution in [2.45, 2.75) is 59.7 Å². The Balaban J connectivity index is 0.00000392. The molecule has 0 radical (unpaired) electrons. The van der Waals surface area contributed by atoms with Gasteiger partial charge in [-0.3, -0.25) is 9.80 Å². The van der Waals surface area contributed by atoms with Crippen molar-refractivity contribution in [2.75, 3.05) is 39.3 Å². The molecule has 1 fully saturated rings. The molecule has 1 unspecified atom stereocenters. The number of guanidine groups is 1. The average molecular weight is 502 g/mol. The number of rotatable bonds is 10. The van der Waals surface area contributed by atoms with Crippen LogP contribution in [-0.2, 0) is 13.1 Å². The molecule has 1 saturated heterocycles. The van der Waals surface area contributed by atoms with Crippen molar-refractivity contribution in [1.29, 1.82) is 0 Å². The van der Waals surface area contributed by atoms with Gasteiger partial charge in [-0.05, 0) is 64.0 Å². The van der Waals surface area contributed by atoms with Crippen molar-refractivity contribution in [2.24, 2.45) is 4.99 Å². The Bertz CT molecular complexity index is 551. The molecule has 160 valence electrons. The minimum atomic E-state index is 0. The van der Waals surface area contributed by atoms with Crippen molar-refractivity contribution < 1.29 is 0 Å². The Morgan fingerprint density at radius 1 is 1.04 bits per heavy atom. The van der Waals surface area contributed by atoms with Crippen LogP contribution in [0, 0.1) is 0 Å². The maximum atomic E-state index is 4.77. The van der Waals surface area contributed by atoms with Gasteiger partial charge in [0.1, 0.15) is 0 Å². The molecule has 1 aromatic rings. The Morgan fingerprint density at radius 3 is 2.21 bits per heavy atom. The molecule has 28 heavy (non-hydrogen) atoms. The van der Waals surface area contributed by atoms with Crippen LogP contribution in [0.4, 0.5) is 0 Å². The monoisotopic (exact) mass is 501 g/mol. The molecular formula is C22H40IN5. The third kappa shape index (κ3) is 8.66. The van der Waals surface area contributed by atoms with E-state index in [2.05, 4.69) is 72.4 Å². The average Bonchev–Trinajstić information content (AvgIpc) is 3.19. The molecule has 0 spiro atoms. The molecule has 1 atom stereocenters. The summed E-state index contributed by atoms with van der Waals surface area (Å²) in [5.41, 5.74) is 2.66. The molecule has 2 N–H and O–H groups in total. The summed E-state index contributed by atoms with van der Waals surface area (Å²) in [6.45, 7) is 17.0. The molecule has 0 aromatic heterocycles. The molecule has 5 nitrogen and oxygen atoms in total. The fourth-order valence-electron chi connectivity index (χ4n) is 3.68.